The zero-order chi connectivity index (χ0) is 64.2. The maximum atomic E-state index is 11.9. The summed E-state index contributed by atoms with van der Waals surface area (Å²) in [5, 5.41) is 61.5. The van der Waals surface area contributed by atoms with Crippen LogP contribution in [0.3, 0.4) is 0 Å². The van der Waals surface area contributed by atoms with Gasteiger partial charge in [-0.25, -0.2) is 26.3 Å². The van der Waals surface area contributed by atoms with E-state index in [1.807, 2.05) is 0 Å². The van der Waals surface area contributed by atoms with Gasteiger partial charge in [-0.3, -0.25) is 0 Å². The Labute approximate surface area is 687 Å². The minimum Gasteiger partial charge on any atom is -0.872 e. The Balaban J connectivity index is -0.000000222. The normalized spacial score (nSPS) is 14.9. The minimum atomic E-state index is -0.371. The van der Waals surface area contributed by atoms with Gasteiger partial charge in [0.25, 0.3) is 0 Å². The van der Waals surface area contributed by atoms with Crippen molar-refractivity contribution in [2.75, 3.05) is 106 Å². The molecule has 8 aliphatic rings. The van der Waals surface area contributed by atoms with Crippen LogP contribution in [0.15, 0.2) is 146 Å². The number of hydrogen-bond donors (Lipinski definition) is 0. The molecular weight excluding hydrogens is 1290 g/mol. The third kappa shape index (κ3) is 75.6. The predicted octanol–water partition coefficient (Wildman–Crippen LogP) is -6.21. The molecule has 0 unspecified atom stereocenters. The minimum absolute atomic E-state index is 0. The molecule has 0 amide bonds. The van der Waals surface area contributed by atoms with Crippen LogP contribution in [-0.4, -0.2) is 106 Å². The molecule has 8 aliphatic heterocycles. The maximum Gasteiger partial charge on any atom is 1.00 e. The van der Waals surface area contributed by atoms with Crippen molar-refractivity contribution in [2.45, 2.75) is 103 Å². The molecule has 26 heteroatoms. The Morgan fingerprint density at radius 2 is 0.234 bits per heavy atom. The summed E-state index contributed by atoms with van der Waals surface area (Å²) in [4.78, 5) is 0. The number of benzene rings is 6. The van der Waals surface area contributed by atoms with E-state index in [9.17, 15) is 57.0 Å². The molecule has 0 aromatic heterocycles. The topological polar surface area (TPSA) is 212 Å². The molecule has 8 fully saturated rings. The van der Waals surface area contributed by atoms with Gasteiger partial charge in [0, 0.05) is 106 Å². The summed E-state index contributed by atoms with van der Waals surface area (Å²) in [6.07, 6.45) is 20.4. The fourth-order valence-corrected chi connectivity index (χ4v) is 6.69. The summed E-state index contributed by atoms with van der Waals surface area (Å²) in [5.74, 6) is -3.19. The van der Waals surface area contributed by atoms with Crippen molar-refractivity contribution in [1.82, 2.24) is 0 Å². The van der Waals surface area contributed by atoms with E-state index in [2.05, 4.69) is 0 Å². The molecule has 492 valence electrons. The molecule has 0 radical (unpaired) electrons. The fraction of sp³-hybridized carbons (Fsp3) is 0.471. The first-order valence-corrected chi connectivity index (χ1v) is 29.9. The molecule has 0 N–H and O–H groups in total. The Kier molecular flexibility index (Phi) is 86.7. The van der Waals surface area contributed by atoms with Crippen LogP contribution in [0, 0.1) is 34.9 Å². The van der Waals surface area contributed by atoms with E-state index in [1.165, 1.54) is 176 Å². The Morgan fingerprint density at radius 3 is 0.277 bits per heavy atom. The number of ether oxygens (including phenoxy) is 8. The SMILES string of the molecule is C1CCOC1.C1CCOC1.C1CCOC1.C1CCOC1.C1CCOC1.C1CCOC1.C1CCOC1.C1CCOC1.[Na+].[Na+].[Na+].[Na+].[Na+].[Na+].[O-]c1ccc(F)cc1.[O-]c1ccc(F)cc1.[O-]c1ccc(F)cc1.[O-]c1ccc(F)cc1.[O-]c1ccc(F)cc1.[O-]c1ccc(F)cc1. The molecule has 0 aliphatic carbocycles. The van der Waals surface area contributed by atoms with Gasteiger partial charge in [-0.05, 0) is 176 Å². The van der Waals surface area contributed by atoms with Crippen molar-refractivity contribution < 1.29 is 272 Å². The van der Waals surface area contributed by atoms with Crippen LogP contribution in [0.1, 0.15) is 103 Å². The van der Waals surface area contributed by atoms with Crippen molar-refractivity contribution in [3.8, 4) is 34.5 Å². The van der Waals surface area contributed by atoms with E-state index in [4.69, 9.17) is 37.9 Å². The molecule has 14 rings (SSSR count). The quantitative estimate of drug-likeness (QED) is 0.102. The second kappa shape index (κ2) is 78.1. The van der Waals surface area contributed by atoms with Gasteiger partial charge in [-0.15, -0.1) is 34.5 Å². The van der Waals surface area contributed by atoms with Crippen molar-refractivity contribution in [3.05, 3.63) is 180 Å². The smallest absolute Gasteiger partial charge is 0.872 e. The molecule has 8 heterocycles. The standard InChI is InChI=1S/6C6H5FO.8C4H8O.6Na/c6*7-5-1-3-6(8)4-2-5;8*1-2-4-5-3-1;;;;;;/h6*1-4,8H;8*1-4H2;;;;;;/q;;;;;;;;;;;;;;6*+1/p-6. The van der Waals surface area contributed by atoms with E-state index < -0.39 is 0 Å². The van der Waals surface area contributed by atoms with Crippen LogP contribution in [0.2, 0.25) is 0 Å². The van der Waals surface area contributed by atoms with Crippen molar-refractivity contribution in [3.63, 3.8) is 0 Å². The molecular formula is C68H88F6Na6O14. The second-order valence-corrected chi connectivity index (χ2v) is 19.3. The molecule has 0 spiro atoms. The molecule has 8 saturated heterocycles. The van der Waals surface area contributed by atoms with Gasteiger partial charge in [-0.1, -0.05) is 72.8 Å². The van der Waals surface area contributed by atoms with E-state index in [-0.39, 0.29) is 247 Å². The maximum absolute atomic E-state index is 11.9. The van der Waals surface area contributed by atoms with Gasteiger partial charge in [0.05, 0.1) is 0 Å². The third-order valence-electron chi connectivity index (χ3n) is 11.5. The van der Waals surface area contributed by atoms with E-state index in [0.717, 1.165) is 179 Å². The molecule has 0 atom stereocenters. The summed E-state index contributed by atoms with van der Waals surface area (Å²) in [5.41, 5.74) is 0. The first-order valence-electron chi connectivity index (χ1n) is 29.9. The second-order valence-electron chi connectivity index (χ2n) is 19.3. The van der Waals surface area contributed by atoms with Gasteiger partial charge in [-0.2, -0.15) is 0 Å². The Hall–Kier alpha value is -0.620. The summed E-state index contributed by atoms with van der Waals surface area (Å²) < 4.78 is 111. The summed E-state index contributed by atoms with van der Waals surface area (Å²) in [6, 6.07) is 28.0. The predicted molar refractivity (Wildman–Crippen MR) is 316 cm³/mol. The molecule has 14 nitrogen and oxygen atoms in total. The molecule has 0 saturated carbocycles. The first kappa shape index (κ1) is 104. The zero-order valence-corrected chi connectivity index (χ0v) is 68.5. The van der Waals surface area contributed by atoms with Crippen LogP contribution in [0.4, 0.5) is 26.3 Å². The van der Waals surface area contributed by atoms with Gasteiger partial charge >= 0.3 is 177 Å². The molecule has 6 aromatic rings. The Bertz CT molecular complexity index is 1770. The molecule has 6 aromatic carbocycles. The number of halogens is 6. The fourth-order valence-electron chi connectivity index (χ4n) is 6.69. The van der Waals surface area contributed by atoms with E-state index in [1.54, 1.807) is 0 Å². The van der Waals surface area contributed by atoms with Gasteiger partial charge in [0.2, 0.25) is 0 Å². The molecule has 94 heavy (non-hydrogen) atoms. The average Bonchev–Trinajstić information content (AvgIpc) is 3.58. The van der Waals surface area contributed by atoms with Crippen LogP contribution in [0.5, 0.6) is 34.5 Å². The molecule has 0 bridgehead atoms. The summed E-state index contributed by atoms with van der Waals surface area (Å²) in [7, 11) is 0. The largest absolute Gasteiger partial charge is 1.00 e. The van der Waals surface area contributed by atoms with Crippen LogP contribution >= 0.6 is 0 Å². The van der Waals surface area contributed by atoms with E-state index in [0.29, 0.717) is 0 Å². The number of hydrogen-bond acceptors (Lipinski definition) is 14. The Morgan fingerprint density at radius 1 is 0.160 bits per heavy atom. The first-order chi connectivity index (χ1) is 42.7. The summed E-state index contributed by atoms with van der Waals surface area (Å²) >= 11 is 0. The van der Waals surface area contributed by atoms with Crippen molar-refractivity contribution >= 4 is 0 Å². The van der Waals surface area contributed by atoms with E-state index >= 15 is 0 Å². The van der Waals surface area contributed by atoms with Crippen LogP contribution in [-0.2, 0) is 37.9 Å². The zero-order valence-electron chi connectivity index (χ0n) is 56.5. The van der Waals surface area contributed by atoms with Gasteiger partial charge in [0.15, 0.2) is 0 Å². The third-order valence-corrected chi connectivity index (χ3v) is 11.5. The summed E-state index contributed by atoms with van der Waals surface area (Å²) in [6.45, 7) is 16.0. The van der Waals surface area contributed by atoms with Crippen molar-refractivity contribution in [1.29, 1.82) is 0 Å². The average molecular weight is 1380 g/mol. The van der Waals surface area contributed by atoms with Crippen molar-refractivity contribution in [2.24, 2.45) is 0 Å². The van der Waals surface area contributed by atoms with Gasteiger partial charge in [0.1, 0.15) is 34.9 Å². The number of rotatable bonds is 0. The van der Waals surface area contributed by atoms with Gasteiger partial charge < -0.3 is 68.5 Å². The monoisotopic (exact) mass is 1380 g/mol. The van der Waals surface area contributed by atoms with Crippen LogP contribution < -0.4 is 208 Å². The van der Waals surface area contributed by atoms with Crippen LogP contribution in [0.25, 0.3) is 0 Å².